The van der Waals surface area contributed by atoms with Crippen molar-refractivity contribution in [3.63, 3.8) is 0 Å². The van der Waals surface area contributed by atoms with Gasteiger partial charge >= 0.3 is 6.18 Å². The molecule has 24 heavy (non-hydrogen) atoms. The lowest BCUT2D eigenvalue weighted by molar-refractivity contribution is -0.141. The van der Waals surface area contributed by atoms with Gasteiger partial charge in [-0.1, -0.05) is 6.42 Å². The number of alkyl halides is 3. The lowest BCUT2D eigenvalue weighted by Gasteiger charge is -2.10. The average molecular weight is 355 g/mol. The van der Waals surface area contributed by atoms with Crippen LogP contribution in [0.3, 0.4) is 0 Å². The third-order valence-electron chi connectivity index (χ3n) is 3.78. The highest BCUT2D eigenvalue weighted by atomic mass is 32.2. The largest absolute Gasteiger partial charge is 0.433 e. The zero-order chi connectivity index (χ0) is 16.7. The Bertz CT molecular complexity index is 885. The van der Waals surface area contributed by atoms with Crippen molar-refractivity contribution < 1.29 is 13.2 Å². The number of fused-ring (bicyclic) bond motifs is 2. The van der Waals surface area contributed by atoms with Gasteiger partial charge in [0.15, 0.2) is 10.9 Å². The Kier molecular flexibility index (Phi) is 3.66. The van der Waals surface area contributed by atoms with Crippen molar-refractivity contribution in [1.82, 2.24) is 34.3 Å². The maximum atomic E-state index is 13.0. The van der Waals surface area contributed by atoms with Crippen molar-refractivity contribution in [3.8, 4) is 0 Å². The van der Waals surface area contributed by atoms with Crippen LogP contribution in [0.15, 0.2) is 22.6 Å². The highest BCUT2D eigenvalue weighted by Crippen LogP contribution is 2.33. The molecule has 0 saturated carbocycles. The molecular weight excluding hydrogens is 343 g/mol. The van der Waals surface area contributed by atoms with E-state index in [1.165, 1.54) is 10.8 Å². The van der Waals surface area contributed by atoms with E-state index in [0.29, 0.717) is 5.16 Å². The summed E-state index contributed by atoms with van der Waals surface area (Å²) in [6.07, 6.45) is 0.609. The molecule has 0 amide bonds. The standard InChI is InChI=1S/C13H12F3N7S/c14-13(15,16)8-6-10(23-11(19-8)17-7-18-23)24-12-21-20-9-4-2-1-3-5-22(9)12/h6-7H,1-5H2. The Morgan fingerprint density at radius 2 is 2.00 bits per heavy atom. The highest BCUT2D eigenvalue weighted by Gasteiger charge is 2.34. The number of hydrogen-bond acceptors (Lipinski definition) is 6. The van der Waals surface area contributed by atoms with Crippen molar-refractivity contribution >= 4 is 17.5 Å². The van der Waals surface area contributed by atoms with Gasteiger partial charge in [0, 0.05) is 19.0 Å². The van der Waals surface area contributed by atoms with E-state index in [2.05, 4.69) is 25.3 Å². The van der Waals surface area contributed by atoms with Crippen LogP contribution < -0.4 is 0 Å². The molecule has 3 aromatic rings. The van der Waals surface area contributed by atoms with E-state index in [0.717, 1.165) is 55.9 Å². The molecule has 0 radical (unpaired) electrons. The van der Waals surface area contributed by atoms with Gasteiger partial charge in [-0.15, -0.1) is 10.2 Å². The summed E-state index contributed by atoms with van der Waals surface area (Å²) in [5.41, 5.74) is -0.999. The summed E-state index contributed by atoms with van der Waals surface area (Å²) in [6, 6.07) is 0.963. The molecule has 11 heteroatoms. The second-order valence-electron chi connectivity index (χ2n) is 5.41. The van der Waals surface area contributed by atoms with Gasteiger partial charge < -0.3 is 4.57 Å². The predicted molar refractivity (Wildman–Crippen MR) is 77.5 cm³/mol. The van der Waals surface area contributed by atoms with E-state index in [4.69, 9.17) is 0 Å². The first-order valence-electron chi connectivity index (χ1n) is 7.40. The second-order valence-corrected chi connectivity index (χ2v) is 6.40. The van der Waals surface area contributed by atoms with Crippen LogP contribution in [-0.4, -0.2) is 34.3 Å². The van der Waals surface area contributed by atoms with Crippen molar-refractivity contribution in [3.05, 3.63) is 23.9 Å². The fourth-order valence-corrected chi connectivity index (χ4v) is 3.59. The molecule has 1 aliphatic rings. The lowest BCUT2D eigenvalue weighted by atomic mass is 10.2. The molecule has 3 aromatic heterocycles. The van der Waals surface area contributed by atoms with E-state index in [-0.39, 0.29) is 10.8 Å². The van der Waals surface area contributed by atoms with Crippen LogP contribution in [0.1, 0.15) is 30.8 Å². The lowest BCUT2D eigenvalue weighted by Crippen LogP contribution is -2.11. The highest BCUT2D eigenvalue weighted by molar-refractivity contribution is 7.99. The van der Waals surface area contributed by atoms with Crippen LogP contribution in [0.2, 0.25) is 0 Å². The molecule has 0 unspecified atom stereocenters. The van der Waals surface area contributed by atoms with Crippen LogP contribution in [-0.2, 0) is 19.1 Å². The number of rotatable bonds is 2. The summed E-state index contributed by atoms with van der Waals surface area (Å²) in [5.74, 6) is 0.776. The summed E-state index contributed by atoms with van der Waals surface area (Å²) in [6.45, 7) is 0.766. The van der Waals surface area contributed by atoms with Gasteiger partial charge in [0.2, 0.25) is 0 Å². The second kappa shape index (κ2) is 5.72. The molecule has 0 spiro atoms. The first-order valence-corrected chi connectivity index (χ1v) is 8.22. The van der Waals surface area contributed by atoms with Crippen molar-refractivity contribution in [2.45, 2.75) is 48.6 Å². The number of aromatic nitrogens is 7. The molecule has 4 rings (SSSR count). The Morgan fingerprint density at radius 1 is 1.12 bits per heavy atom. The maximum absolute atomic E-state index is 13.0. The molecule has 0 fully saturated rings. The van der Waals surface area contributed by atoms with Gasteiger partial charge in [-0.25, -0.2) is 4.98 Å². The van der Waals surface area contributed by atoms with Gasteiger partial charge in [0.1, 0.15) is 17.2 Å². The van der Waals surface area contributed by atoms with E-state index >= 15 is 0 Å². The van der Waals surface area contributed by atoms with Gasteiger partial charge in [-0.2, -0.15) is 27.8 Å². The fourth-order valence-electron chi connectivity index (χ4n) is 2.63. The third kappa shape index (κ3) is 2.72. The molecule has 7 nitrogen and oxygen atoms in total. The van der Waals surface area contributed by atoms with E-state index < -0.39 is 11.9 Å². The first-order chi connectivity index (χ1) is 11.5. The van der Waals surface area contributed by atoms with Gasteiger partial charge in [-0.05, 0) is 24.6 Å². The Balaban J connectivity index is 1.77. The Morgan fingerprint density at radius 3 is 2.83 bits per heavy atom. The van der Waals surface area contributed by atoms with E-state index in [9.17, 15) is 13.2 Å². The predicted octanol–water partition coefficient (Wildman–Crippen LogP) is 2.61. The van der Waals surface area contributed by atoms with Crippen LogP contribution in [0.4, 0.5) is 13.2 Å². The summed E-state index contributed by atoms with van der Waals surface area (Å²) in [5, 5.41) is 13.1. The monoisotopic (exact) mass is 355 g/mol. The number of aryl methyl sites for hydroxylation is 1. The molecule has 0 aliphatic carbocycles. The summed E-state index contributed by atoms with van der Waals surface area (Å²) in [7, 11) is 0. The summed E-state index contributed by atoms with van der Waals surface area (Å²) in [4.78, 5) is 7.28. The normalized spacial score (nSPS) is 15.5. The number of hydrogen-bond donors (Lipinski definition) is 0. The first kappa shape index (κ1) is 15.4. The number of nitrogens with zero attached hydrogens (tertiary/aromatic N) is 7. The van der Waals surface area contributed by atoms with Gasteiger partial charge in [0.05, 0.1) is 0 Å². The van der Waals surface area contributed by atoms with E-state index in [1.807, 2.05) is 4.57 Å². The van der Waals surface area contributed by atoms with Crippen molar-refractivity contribution in [2.24, 2.45) is 0 Å². The molecule has 0 N–H and O–H groups in total. The molecule has 1 aliphatic heterocycles. The Hall–Kier alpha value is -2.17. The van der Waals surface area contributed by atoms with Crippen LogP contribution in [0, 0.1) is 0 Å². The van der Waals surface area contributed by atoms with Gasteiger partial charge in [-0.3, -0.25) is 0 Å². The van der Waals surface area contributed by atoms with Crippen LogP contribution in [0.25, 0.3) is 5.78 Å². The maximum Gasteiger partial charge on any atom is 0.433 e. The number of halogens is 3. The minimum atomic E-state index is -4.55. The Labute approximate surface area is 138 Å². The smallest absolute Gasteiger partial charge is 0.306 e. The summed E-state index contributed by atoms with van der Waals surface area (Å²) < 4.78 is 42.4. The van der Waals surface area contributed by atoms with Crippen molar-refractivity contribution in [2.75, 3.05) is 0 Å². The minimum absolute atomic E-state index is 0.0945. The van der Waals surface area contributed by atoms with Gasteiger partial charge in [0.25, 0.3) is 5.78 Å². The minimum Gasteiger partial charge on any atom is -0.306 e. The van der Waals surface area contributed by atoms with E-state index in [1.54, 1.807) is 0 Å². The van der Waals surface area contributed by atoms with Crippen LogP contribution >= 0.6 is 11.8 Å². The average Bonchev–Trinajstić information content (AvgIpc) is 3.08. The molecular formula is C13H12F3N7S. The molecule has 0 saturated heterocycles. The molecule has 4 heterocycles. The fraction of sp³-hybridized carbons (Fsp3) is 0.462. The zero-order valence-corrected chi connectivity index (χ0v) is 13.2. The molecule has 126 valence electrons. The third-order valence-corrected chi connectivity index (χ3v) is 4.77. The van der Waals surface area contributed by atoms with Crippen LogP contribution in [0.5, 0.6) is 0 Å². The molecule has 0 atom stereocenters. The molecule has 0 bridgehead atoms. The molecule has 0 aromatic carbocycles. The summed E-state index contributed by atoms with van der Waals surface area (Å²) >= 11 is 1.09. The topological polar surface area (TPSA) is 73.8 Å². The van der Waals surface area contributed by atoms with Crippen molar-refractivity contribution in [1.29, 1.82) is 0 Å². The quantitative estimate of drug-likeness (QED) is 0.658. The zero-order valence-electron chi connectivity index (χ0n) is 12.4. The SMILES string of the molecule is FC(F)(F)c1cc(Sc2nnc3n2CCCCC3)n2ncnc2n1.